The fourth-order valence-corrected chi connectivity index (χ4v) is 1.64. The molecule has 1 aromatic carbocycles. The second-order valence-electron chi connectivity index (χ2n) is 3.70. The molecular formula is C12H14FNO. The van der Waals surface area contributed by atoms with E-state index in [9.17, 15) is 4.39 Å². The number of hydrogen-bond donors (Lipinski definition) is 0. The van der Waals surface area contributed by atoms with Crippen LogP contribution in [-0.2, 0) is 4.74 Å². The molecule has 2 nitrogen and oxygen atoms in total. The Morgan fingerprint density at radius 2 is 2.27 bits per heavy atom. The molecule has 1 heterocycles. The smallest absolute Gasteiger partial charge is 0.128 e. The fourth-order valence-electron chi connectivity index (χ4n) is 1.64. The van der Waals surface area contributed by atoms with Crippen molar-refractivity contribution in [1.82, 2.24) is 0 Å². The predicted octanol–water partition coefficient (Wildman–Crippen LogP) is 2.48. The number of rotatable bonds is 1. The van der Waals surface area contributed by atoms with E-state index in [1.807, 2.05) is 11.0 Å². The van der Waals surface area contributed by atoms with Crippen molar-refractivity contribution in [2.75, 3.05) is 24.7 Å². The molecule has 80 valence electrons. The number of halogens is 1. The van der Waals surface area contributed by atoms with E-state index in [1.54, 1.807) is 19.1 Å². The van der Waals surface area contributed by atoms with Gasteiger partial charge in [0.1, 0.15) is 5.82 Å². The zero-order valence-electron chi connectivity index (χ0n) is 8.79. The Morgan fingerprint density at radius 1 is 1.47 bits per heavy atom. The summed E-state index contributed by atoms with van der Waals surface area (Å²) in [7, 11) is 0. The molecule has 0 aliphatic carbocycles. The minimum absolute atomic E-state index is 0.174. The first-order valence-electron chi connectivity index (χ1n) is 4.97. The van der Waals surface area contributed by atoms with Gasteiger partial charge in [-0.15, -0.1) is 0 Å². The van der Waals surface area contributed by atoms with Crippen LogP contribution in [0.25, 0.3) is 0 Å². The van der Waals surface area contributed by atoms with E-state index in [1.165, 1.54) is 0 Å². The molecular weight excluding hydrogens is 193 g/mol. The lowest BCUT2D eigenvalue weighted by Crippen LogP contribution is -2.33. The van der Waals surface area contributed by atoms with E-state index in [-0.39, 0.29) is 5.82 Å². The number of hydrogen-bond acceptors (Lipinski definition) is 2. The van der Waals surface area contributed by atoms with Gasteiger partial charge in [-0.3, -0.25) is 0 Å². The third-order valence-electron chi connectivity index (χ3n) is 2.58. The third kappa shape index (κ3) is 2.02. The Kier molecular flexibility index (Phi) is 2.73. The average molecular weight is 207 g/mol. The minimum Gasteiger partial charge on any atom is -0.373 e. The zero-order valence-corrected chi connectivity index (χ0v) is 8.79. The molecule has 0 N–H and O–H groups in total. The molecule has 3 heteroatoms. The van der Waals surface area contributed by atoms with Crippen LogP contribution < -0.4 is 4.90 Å². The Hall–Kier alpha value is -1.35. The van der Waals surface area contributed by atoms with Gasteiger partial charge in [-0.1, -0.05) is 12.6 Å². The van der Waals surface area contributed by atoms with Gasteiger partial charge >= 0.3 is 0 Å². The average Bonchev–Trinajstić information content (AvgIpc) is 2.23. The summed E-state index contributed by atoms with van der Waals surface area (Å²) < 4.78 is 18.6. The highest BCUT2D eigenvalue weighted by Gasteiger charge is 2.15. The fraction of sp³-hybridized carbons (Fsp3) is 0.333. The van der Waals surface area contributed by atoms with Gasteiger partial charge in [0.05, 0.1) is 13.2 Å². The summed E-state index contributed by atoms with van der Waals surface area (Å²) in [6.45, 7) is 7.58. The minimum atomic E-state index is -0.174. The maximum absolute atomic E-state index is 13.4. The monoisotopic (exact) mass is 207 g/mol. The second kappa shape index (κ2) is 4.03. The quantitative estimate of drug-likeness (QED) is 0.701. The van der Waals surface area contributed by atoms with Crippen molar-refractivity contribution < 1.29 is 9.13 Å². The molecule has 15 heavy (non-hydrogen) atoms. The highest BCUT2D eigenvalue weighted by molar-refractivity contribution is 5.53. The van der Waals surface area contributed by atoms with E-state index in [0.29, 0.717) is 18.8 Å². The zero-order chi connectivity index (χ0) is 10.8. The van der Waals surface area contributed by atoms with Crippen LogP contribution >= 0.6 is 0 Å². The van der Waals surface area contributed by atoms with Gasteiger partial charge in [-0.25, -0.2) is 4.39 Å². The van der Waals surface area contributed by atoms with Crippen molar-refractivity contribution in [2.45, 2.75) is 6.92 Å². The van der Waals surface area contributed by atoms with Crippen LogP contribution in [0.15, 0.2) is 30.5 Å². The highest BCUT2D eigenvalue weighted by Crippen LogP contribution is 2.23. The molecule has 1 saturated heterocycles. The first kappa shape index (κ1) is 10.2. The van der Waals surface area contributed by atoms with Crippen LogP contribution in [-0.4, -0.2) is 19.8 Å². The molecule has 1 aromatic rings. The Balaban J connectivity index is 2.28. The van der Waals surface area contributed by atoms with Crippen LogP contribution in [0.4, 0.5) is 10.1 Å². The van der Waals surface area contributed by atoms with E-state index < -0.39 is 0 Å². The van der Waals surface area contributed by atoms with Crippen molar-refractivity contribution in [3.8, 4) is 0 Å². The molecule has 0 unspecified atom stereocenters. The molecule has 2 rings (SSSR count). The molecule has 0 radical (unpaired) electrons. The molecule has 1 aliphatic heterocycles. The number of anilines is 1. The van der Waals surface area contributed by atoms with Crippen molar-refractivity contribution >= 4 is 5.69 Å². The maximum atomic E-state index is 13.4. The van der Waals surface area contributed by atoms with E-state index in [0.717, 1.165) is 17.9 Å². The molecule has 0 spiro atoms. The van der Waals surface area contributed by atoms with Gasteiger partial charge < -0.3 is 9.64 Å². The van der Waals surface area contributed by atoms with Crippen LogP contribution in [0, 0.1) is 12.7 Å². The summed E-state index contributed by atoms with van der Waals surface area (Å²) in [6, 6.07) is 5.24. The summed E-state index contributed by atoms with van der Waals surface area (Å²) in [5, 5.41) is 0. The van der Waals surface area contributed by atoms with Crippen LogP contribution in [0.1, 0.15) is 5.56 Å². The van der Waals surface area contributed by atoms with E-state index in [4.69, 9.17) is 4.74 Å². The molecule has 0 bridgehead atoms. The summed E-state index contributed by atoms with van der Waals surface area (Å²) in [6.07, 6.45) is 0. The Bertz CT molecular complexity index is 389. The normalized spacial score (nSPS) is 16.9. The second-order valence-corrected chi connectivity index (χ2v) is 3.70. The third-order valence-corrected chi connectivity index (χ3v) is 2.58. The van der Waals surface area contributed by atoms with Gasteiger partial charge in [0.15, 0.2) is 0 Å². The summed E-state index contributed by atoms with van der Waals surface area (Å²) >= 11 is 0. The summed E-state index contributed by atoms with van der Waals surface area (Å²) in [5.41, 5.74) is 2.40. The lowest BCUT2D eigenvalue weighted by molar-refractivity contribution is 0.143. The highest BCUT2D eigenvalue weighted by atomic mass is 19.1. The SMILES string of the molecule is C=C1COCCN1c1ccc(C)c(F)c1. The number of ether oxygens (including phenoxy) is 1. The maximum Gasteiger partial charge on any atom is 0.128 e. The number of nitrogens with zero attached hydrogens (tertiary/aromatic N) is 1. The molecule has 0 atom stereocenters. The topological polar surface area (TPSA) is 12.5 Å². The van der Waals surface area contributed by atoms with Crippen LogP contribution in [0.3, 0.4) is 0 Å². The standard InChI is InChI=1S/C12H14FNO/c1-9-3-4-11(7-12(9)13)14-5-6-15-8-10(14)2/h3-4,7H,2,5-6,8H2,1H3. The number of benzene rings is 1. The van der Waals surface area contributed by atoms with E-state index in [2.05, 4.69) is 6.58 Å². The Morgan fingerprint density at radius 3 is 2.93 bits per heavy atom. The van der Waals surface area contributed by atoms with E-state index >= 15 is 0 Å². The summed E-state index contributed by atoms with van der Waals surface area (Å²) in [5.74, 6) is -0.174. The molecule has 0 aromatic heterocycles. The lowest BCUT2D eigenvalue weighted by atomic mass is 10.2. The van der Waals surface area contributed by atoms with Gasteiger partial charge in [-0.05, 0) is 24.6 Å². The van der Waals surface area contributed by atoms with Crippen molar-refractivity contribution in [3.63, 3.8) is 0 Å². The number of aryl methyl sites for hydroxylation is 1. The lowest BCUT2D eigenvalue weighted by Gasteiger charge is -2.31. The van der Waals surface area contributed by atoms with Gasteiger partial charge in [0, 0.05) is 17.9 Å². The summed E-state index contributed by atoms with van der Waals surface area (Å²) in [4.78, 5) is 1.99. The van der Waals surface area contributed by atoms with Crippen LogP contribution in [0.2, 0.25) is 0 Å². The van der Waals surface area contributed by atoms with Crippen LogP contribution in [0.5, 0.6) is 0 Å². The molecule has 0 amide bonds. The van der Waals surface area contributed by atoms with Crippen molar-refractivity contribution in [3.05, 3.63) is 41.9 Å². The van der Waals surface area contributed by atoms with Gasteiger partial charge in [0.2, 0.25) is 0 Å². The Labute approximate surface area is 89.0 Å². The largest absolute Gasteiger partial charge is 0.373 e. The first-order chi connectivity index (χ1) is 7.18. The van der Waals surface area contributed by atoms with Gasteiger partial charge in [0.25, 0.3) is 0 Å². The van der Waals surface area contributed by atoms with Crippen molar-refractivity contribution in [2.24, 2.45) is 0 Å². The molecule has 1 fully saturated rings. The predicted molar refractivity (Wildman–Crippen MR) is 58.4 cm³/mol. The molecule has 1 aliphatic rings. The van der Waals surface area contributed by atoms with Crippen molar-refractivity contribution in [1.29, 1.82) is 0 Å². The first-order valence-corrected chi connectivity index (χ1v) is 4.97. The number of morpholine rings is 1. The van der Waals surface area contributed by atoms with Gasteiger partial charge in [-0.2, -0.15) is 0 Å². The molecule has 0 saturated carbocycles.